The van der Waals surface area contributed by atoms with Crippen molar-refractivity contribution in [3.63, 3.8) is 0 Å². The van der Waals surface area contributed by atoms with Gasteiger partial charge in [0.25, 0.3) is 5.56 Å². The Morgan fingerprint density at radius 3 is 2.25 bits per heavy atom. The van der Waals surface area contributed by atoms with Crippen LogP contribution in [0.4, 0.5) is 5.82 Å². The lowest BCUT2D eigenvalue weighted by Gasteiger charge is -2.13. The molecule has 1 aromatic heterocycles. The zero-order valence-electron chi connectivity index (χ0n) is 12.1. The molecule has 0 aliphatic carbocycles. The Bertz CT molecular complexity index is 795. The largest absolute Gasteiger partial charge is 0.385 e. The van der Waals surface area contributed by atoms with Gasteiger partial charge in [0.05, 0.1) is 0 Å². The summed E-state index contributed by atoms with van der Waals surface area (Å²) in [6.45, 7) is 6.01. The smallest absolute Gasteiger partial charge is 0.270 e. The zero-order valence-corrected chi connectivity index (χ0v) is 12.1. The number of hydrogen-bond donors (Lipinski definition) is 1. The topological polar surface area (TPSA) is 71.8 Å². The second-order valence-corrected chi connectivity index (χ2v) is 5.09. The van der Waals surface area contributed by atoms with E-state index in [-0.39, 0.29) is 11.1 Å². The van der Waals surface area contributed by atoms with Crippen molar-refractivity contribution >= 4 is 5.82 Å². The molecule has 4 heteroatoms. The first-order valence-corrected chi connectivity index (χ1v) is 6.34. The SMILES string of the molecule is Cc1cc(C)c(-c2cc(N)n(C)c(=O)c2C#N)cc1C. The summed E-state index contributed by atoms with van der Waals surface area (Å²) in [4.78, 5) is 12.1. The maximum Gasteiger partial charge on any atom is 0.270 e. The molecule has 2 N–H and O–H groups in total. The van der Waals surface area contributed by atoms with Gasteiger partial charge in [-0.2, -0.15) is 5.26 Å². The number of hydrogen-bond acceptors (Lipinski definition) is 3. The van der Waals surface area contributed by atoms with E-state index in [0.717, 1.165) is 16.7 Å². The van der Waals surface area contributed by atoms with Crippen LogP contribution in [0.3, 0.4) is 0 Å². The molecule has 0 spiro atoms. The molecule has 0 saturated heterocycles. The Hall–Kier alpha value is -2.54. The Labute approximate surface area is 118 Å². The summed E-state index contributed by atoms with van der Waals surface area (Å²) in [5.41, 5.74) is 10.4. The number of aromatic nitrogens is 1. The Kier molecular flexibility index (Phi) is 3.37. The molecule has 4 nitrogen and oxygen atoms in total. The van der Waals surface area contributed by atoms with Crippen molar-refractivity contribution in [3.05, 3.63) is 50.8 Å². The molecule has 0 bridgehead atoms. The second kappa shape index (κ2) is 4.86. The number of pyridine rings is 1. The monoisotopic (exact) mass is 267 g/mol. The van der Waals surface area contributed by atoms with E-state index in [9.17, 15) is 10.1 Å². The van der Waals surface area contributed by atoms with Gasteiger partial charge in [0.2, 0.25) is 0 Å². The molecule has 0 aliphatic rings. The van der Waals surface area contributed by atoms with Crippen LogP contribution in [0.2, 0.25) is 0 Å². The van der Waals surface area contributed by atoms with Crippen LogP contribution in [-0.4, -0.2) is 4.57 Å². The summed E-state index contributed by atoms with van der Waals surface area (Å²) >= 11 is 0. The molecule has 0 aliphatic heterocycles. The summed E-state index contributed by atoms with van der Waals surface area (Å²) in [5.74, 6) is 0.349. The average Bonchev–Trinajstić information content (AvgIpc) is 2.40. The van der Waals surface area contributed by atoms with E-state index in [1.807, 2.05) is 32.9 Å². The highest BCUT2D eigenvalue weighted by Crippen LogP contribution is 2.29. The number of anilines is 1. The molecule has 0 atom stereocenters. The number of nitriles is 1. The summed E-state index contributed by atoms with van der Waals surface area (Å²) < 4.78 is 1.29. The molecule has 102 valence electrons. The Balaban J connectivity index is 2.87. The molecule has 1 heterocycles. The van der Waals surface area contributed by atoms with E-state index in [2.05, 4.69) is 6.07 Å². The highest BCUT2D eigenvalue weighted by Gasteiger charge is 2.15. The van der Waals surface area contributed by atoms with E-state index in [1.54, 1.807) is 13.1 Å². The van der Waals surface area contributed by atoms with Gasteiger partial charge in [-0.3, -0.25) is 9.36 Å². The Morgan fingerprint density at radius 1 is 1.05 bits per heavy atom. The molecule has 0 unspecified atom stereocenters. The van der Waals surface area contributed by atoms with Gasteiger partial charge in [-0.25, -0.2) is 0 Å². The summed E-state index contributed by atoms with van der Waals surface area (Å²) in [7, 11) is 1.57. The number of nitrogens with zero attached hydrogens (tertiary/aromatic N) is 2. The third-order valence-electron chi connectivity index (χ3n) is 3.71. The lowest BCUT2D eigenvalue weighted by Crippen LogP contribution is -2.23. The van der Waals surface area contributed by atoms with E-state index in [0.29, 0.717) is 11.4 Å². The lowest BCUT2D eigenvalue weighted by atomic mass is 9.93. The quantitative estimate of drug-likeness (QED) is 0.862. The highest BCUT2D eigenvalue weighted by molar-refractivity contribution is 5.75. The number of rotatable bonds is 1. The standard InChI is InChI=1S/C16H17N3O/c1-9-5-11(3)12(6-10(9)2)13-7-15(18)19(4)16(20)14(13)8-17/h5-7H,18H2,1-4H3. The minimum absolute atomic E-state index is 0.132. The van der Waals surface area contributed by atoms with Crippen LogP contribution < -0.4 is 11.3 Å². The number of nitrogen functional groups attached to an aromatic ring is 1. The van der Waals surface area contributed by atoms with Crippen molar-refractivity contribution in [2.24, 2.45) is 7.05 Å². The van der Waals surface area contributed by atoms with E-state index in [1.165, 1.54) is 10.1 Å². The zero-order chi connectivity index (χ0) is 15.0. The molecule has 0 fully saturated rings. The second-order valence-electron chi connectivity index (χ2n) is 5.09. The number of nitrogens with two attached hydrogens (primary N) is 1. The molecular formula is C16H17N3O. The van der Waals surface area contributed by atoms with E-state index >= 15 is 0 Å². The average molecular weight is 267 g/mol. The molecule has 2 aromatic rings. The van der Waals surface area contributed by atoms with Crippen molar-refractivity contribution in [1.82, 2.24) is 4.57 Å². The van der Waals surface area contributed by atoms with Gasteiger partial charge in [0, 0.05) is 12.6 Å². The van der Waals surface area contributed by atoms with Crippen LogP contribution in [0, 0.1) is 32.1 Å². The summed E-state index contributed by atoms with van der Waals surface area (Å²) in [6, 6.07) is 7.75. The van der Waals surface area contributed by atoms with Crippen LogP contribution in [-0.2, 0) is 7.05 Å². The van der Waals surface area contributed by atoms with E-state index in [4.69, 9.17) is 5.73 Å². The highest BCUT2D eigenvalue weighted by atomic mass is 16.1. The van der Waals surface area contributed by atoms with E-state index < -0.39 is 0 Å². The van der Waals surface area contributed by atoms with Crippen molar-refractivity contribution < 1.29 is 0 Å². The first-order valence-electron chi connectivity index (χ1n) is 6.34. The number of aryl methyl sites for hydroxylation is 3. The van der Waals surface area contributed by atoms with Gasteiger partial charge in [-0.15, -0.1) is 0 Å². The maximum atomic E-state index is 12.1. The molecule has 0 amide bonds. The van der Waals surface area contributed by atoms with Crippen molar-refractivity contribution in [1.29, 1.82) is 5.26 Å². The van der Waals surface area contributed by atoms with Gasteiger partial charge < -0.3 is 5.73 Å². The molecule has 0 radical (unpaired) electrons. The van der Waals surface area contributed by atoms with Gasteiger partial charge >= 0.3 is 0 Å². The van der Waals surface area contributed by atoms with Crippen LogP contribution in [0.25, 0.3) is 11.1 Å². The third-order valence-corrected chi connectivity index (χ3v) is 3.71. The fourth-order valence-electron chi connectivity index (χ4n) is 2.29. The van der Waals surface area contributed by atoms with Crippen LogP contribution >= 0.6 is 0 Å². The van der Waals surface area contributed by atoms with Gasteiger partial charge in [0.1, 0.15) is 17.5 Å². The maximum absolute atomic E-state index is 12.1. The van der Waals surface area contributed by atoms with Crippen molar-refractivity contribution in [2.75, 3.05) is 5.73 Å². The first kappa shape index (κ1) is 13.9. The molecule has 2 rings (SSSR count). The van der Waals surface area contributed by atoms with Crippen LogP contribution in [0.5, 0.6) is 0 Å². The van der Waals surface area contributed by atoms with Crippen LogP contribution in [0.15, 0.2) is 23.0 Å². The molecule has 20 heavy (non-hydrogen) atoms. The van der Waals surface area contributed by atoms with Crippen molar-refractivity contribution in [3.8, 4) is 17.2 Å². The predicted octanol–water partition coefficient (Wildman–Crippen LogP) is 2.43. The normalized spacial score (nSPS) is 10.3. The Morgan fingerprint density at radius 2 is 1.65 bits per heavy atom. The minimum Gasteiger partial charge on any atom is -0.385 e. The lowest BCUT2D eigenvalue weighted by molar-refractivity contribution is 0.871. The van der Waals surface area contributed by atoms with Crippen LogP contribution in [0.1, 0.15) is 22.3 Å². The summed E-state index contributed by atoms with van der Waals surface area (Å²) in [6.07, 6.45) is 0. The minimum atomic E-state index is -0.361. The predicted molar refractivity (Wildman–Crippen MR) is 80.5 cm³/mol. The molecule has 0 saturated carbocycles. The fraction of sp³-hybridized carbons (Fsp3) is 0.250. The van der Waals surface area contributed by atoms with Gasteiger partial charge in [-0.05, 0) is 49.1 Å². The molecular weight excluding hydrogens is 250 g/mol. The first-order chi connectivity index (χ1) is 9.36. The van der Waals surface area contributed by atoms with Crippen molar-refractivity contribution in [2.45, 2.75) is 20.8 Å². The number of benzene rings is 1. The summed E-state index contributed by atoms with van der Waals surface area (Å²) in [5, 5.41) is 9.29. The third kappa shape index (κ3) is 2.08. The van der Waals surface area contributed by atoms with Gasteiger partial charge in [0.15, 0.2) is 0 Å². The molecule has 1 aromatic carbocycles. The fourth-order valence-corrected chi connectivity index (χ4v) is 2.29. The van der Waals surface area contributed by atoms with Gasteiger partial charge in [-0.1, -0.05) is 12.1 Å².